The Balaban J connectivity index is 1.28. The number of ether oxygens (including phenoxy) is 4. The molecule has 25 heavy (non-hydrogen) atoms. The van der Waals surface area contributed by atoms with Gasteiger partial charge < -0.3 is 18.9 Å². The van der Waals surface area contributed by atoms with E-state index in [9.17, 15) is 0 Å². The zero-order valence-electron chi connectivity index (χ0n) is 14.4. The van der Waals surface area contributed by atoms with Gasteiger partial charge in [-0.15, -0.1) is 0 Å². The van der Waals surface area contributed by atoms with Gasteiger partial charge >= 0.3 is 0 Å². The van der Waals surface area contributed by atoms with Crippen LogP contribution in [-0.4, -0.2) is 32.2 Å². The highest BCUT2D eigenvalue weighted by atomic mass is 16.7. The van der Waals surface area contributed by atoms with E-state index in [0.29, 0.717) is 31.7 Å². The van der Waals surface area contributed by atoms with Gasteiger partial charge in [0, 0.05) is 18.9 Å². The Hall–Kier alpha value is -1.72. The normalized spacial score (nSPS) is 30.2. The van der Waals surface area contributed by atoms with Gasteiger partial charge in [0.1, 0.15) is 6.10 Å². The molecule has 1 saturated heterocycles. The van der Waals surface area contributed by atoms with Gasteiger partial charge in [0.2, 0.25) is 0 Å². The Kier molecular flexibility index (Phi) is 5.13. The lowest BCUT2D eigenvalue weighted by molar-refractivity contribution is -0.180. The van der Waals surface area contributed by atoms with Crippen LogP contribution in [0.4, 0.5) is 0 Å². The minimum atomic E-state index is -0.274. The molecule has 0 radical (unpaired) electrons. The lowest BCUT2D eigenvalue weighted by atomic mass is 10.2. The van der Waals surface area contributed by atoms with Gasteiger partial charge in [-0.1, -0.05) is 60.7 Å². The molecular weight excluding hydrogens is 316 g/mol. The van der Waals surface area contributed by atoms with E-state index in [2.05, 4.69) is 24.3 Å². The maximum absolute atomic E-state index is 6.14. The fraction of sp³-hybridized carbons (Fsp3) is 0.429. The lowest BCUT2D eigenvalue weighted by Gasteiger charge is -2.23. The van der Waals surface area contributed by atoms with Crippen LogP contribution in [-0.2, 0) is 32.2 Å². The van der Waals surface area contributed by atoms with Gasteiger partial charge in [0.15, 0.2) is 6.29 Å². The van der Waals surface area contributed by atoms with E-state index in [1.165, 1.54) is 11.1 Å². The standard InChI is InChI=1S/C21H24O4/c1-22-21-20(24-13-16-10-6-3-7-11-16)18-17(19(18)25-21)14-23-12-15-8-4-2-5-9-15/h2-11,17-21H,12-14H2,1H3/t17-,18-,19+,20-,21+/m0/s1. The summed E-state index contributed by atoms with van der Waals surface area (Å²) in [5.74, 6) is 0.764. The smallest absolute Gasteiger partial charge is 0.184 e. The van der Waals surface area contributed by atoms with Crippen molar-refractivity contribution in [1.29, 1.82) is 0 Å². The van der Waals surface area contributed by atoms with Crippen LogP contribution in [0, 0.1) is 11.8 Å². The number of benzene rings is 2. The van der Waals surface area contributed by atoms with Crippen LogP contribution < -0.4 is 0 Å². The SMILES string of the molecule is CO[C@@H]1O[C@@H]2[C@@H](COCc3ccccc3)[C@@H]2[C@@H]1OCc1ccccc1. The second kappa shape index (κ2) is 7.67. The molecule has 0 amide bonds. The first kappa shape index (κ1) is 16.7. The molecule has 0 spiro atoms. The number of hydrogen-bond donors (Lipinski definition) is 0. The molecule has 4 rings (SSSR count). The Labute approximate surface area is 148 Å². The van der Waals surface area contributed by atoms with Crippen LogP contribution in [0.15, 0.2) is 60.7 Å². The fourth-order valence-electron chi connectivity index (χ4n) is 3.64. The molecule has 1 aliphatic heterocycles. The summed E-state index contributed by atoms with van der Waals surface area (Å²) in [7, 11) is 1.68. The third-order valence-corrected chi connectivity index (χ3v) is 5.03. The Morgan fingerprint density at radius 3 is 2.16 bits per heavy atom. The second-order valence-electron chi connectivity index (χ2n) is 6.71. The van der Waals surface area contributed by atoms with Crippen molar-refractivity contribution >= 4 is 0 Å². The molecular formula is C21H24O4. The third-order valence-electron chi connectivity index (χ3n) is 5.03. The summed E-state index contributed by atoms with van der Waals surface area (Å²) in [4.78, 5) is 0. The number of hydrogen-bond acceptors (Lipinski definition) is 4. The predicted octanol–water partition coefficient (Wildman–Crippen LogP) is 3.41. The van der Waals surface area contributed by atoms with Crippen molar-refractivity contribution in [3.8, 4) is 0 Å². The Morgan fingerprint density at radius 2 is 1.52 bits per heavy atom. The monoisotopic (exact) mass is 340 g/mol. The second-order valence-corrected chi connectivity index (χ2v) is 6.71. The molecule has 2 aromatic rings. The highest BCUT2D eigenvalue weighted by Crippen LogP contribution is 2.53. The van der Waals surface area contributed by atoms with Crippen molar-refractivity contribution in [3.05, 3.63) is 71.8 Å². The molecule has 2 fully saturated rings. The molecule has 2 aromatic carbocycles. The van der Waals surface area contributed by atoms with Crippen LogP contribution in [0.1, 0.15) is 11.1 Å². The van der Waals surface area contributed by atoms with Crippen molar-refractivity contribution in [3.63, 3.8) is 0 Å². The van der Waals surface area contributed by atoms with Crippen molar-refractivity contribution in [2.45, 2.75) is 31.7 Å². The van der Waals surface area contributed by atoms with E-state index in [1.807, 2.05) is 36.4 Å². The van der Waals surface area contributed by atoms with E-state index in [4.69, 9.17) is 18.9 Å². The first-order valence-electron chi connectivity index (χ1n) is 8.82. The molecule has 0 N–H and O–H groups in total. The average molecular weight is 340 g/mol. The van der Waals surface area contributed by atoms with Crippen LogP contribution in [0.3, 0.4) is 0 Å². The first-order valence-corrected chi connectivity index (χ1v) is 8.82. The summed E-state index contributed by atoms with van der Waals surface area (Å²) in [6.07, 6.45) is -0.105. The highest BCUT2D eigenvalue weighted by molar-refractivity contribution is 5.15. The van der Waals surface area contributed by atoms with Crippen LogP contribution >= 0.6 is 0 Å². The molecule has 1 saturated carbocycles. The van der Waals surface area contributed by atoms with Crippen LogP contribution in [0.5, 0.6) is 0 Å². The van der Waals surface area contributed by atoms with E-state index in [-0.39, 0.29) is 18.5 Å². The van der Waals surface area contributed by atoms with Gasteiger partial charge in [-0.05, 0) is 11.1 Å². The first-order chi connectivity index (χ1) is 12.4. The lowest BCUT2D eigenvalue weighted by Crippen LogP contribution is -2.32. The van der Waals surface area contributed by atoms with E-state index in [0.717, 1.165) is 0 Å². The minimum Gasteiger partial charge on any atom is -0.376 e. The van der Waals surface area contributed by atoms with Crippen molar-refractivity contribution < 1.29 is 18.9 Å². The van der Waals surface area contributed by atoms with Crippen molar-refractivity contribution in [2.24, 2.45) is 11.8 Å². The van der Waals surface area contributed by atoms with Crippen LogP contribution in [0.25, 0.3) is 0 Å². The predicted molar refractivity (Wildman–Crippen MR) is 93.8 cm³/mol. The average Bonchev–Trinajstić information content (AvgIpc) is 3.20. The van der Waals surface area contributed by atoms with Gasteiger partial charge in [0.25, 0.3) is 0 Å². The number of methoxy groups -OCH3 is 1. The molecule has 132 valence electrons. The Bertz CT molecular complexity index is 660. The van der Waals surface area contributed by atoms with Gasteiger partial charge in [0.05, 0.1) is 25.9 Å². The molecule has 0 bridgehead atoms. The largest absolute Gasteiger partial charge is 0.376 e. The highest BCUT2D eigenvalue weighted by Gasteiger charge is 2.64. The molecule has 5 atom stereocenters. The topological polar surface area (TPSA) is 36.9 Å². The van der Waals surface area contributed by atoms with E-state index in [1.54, 1.807) is 7.11 Å². The minimum absolute atomic E-state index is 0.0273. The van der Waals surface area contributed by atoms with Crippen molar-refractivity contribution in [1.82, 2.24) is 0 Å². The Morgan fingerprint density at radius 1 is 0.880 bits per heavy atom. The van der Waals surface area contributed by atoms with Crippen LogP contribution in [0.2, 0.25) is 0 Å². The zero-order valence-corrected chi connectivity index (χ0v) is 14.4. The summed E-state index contributed by atoms with van der Waals surface area (Å²) in [5.41, 5.74) is 2.36. The molecule has 4 heteroatoms. The molecule has 0 unspecified atom stereocenters. The van der Waals surface area contributed by atoms with Gasteiger partial charge in [-0.25, -0.2) is 0 Å². The zero-order chi connectivity index (χ0) is 17.1. The molecule has 1 heterocycles. The molecule has 1 aliphatic carbocycles. The summed E-state index contributed by atoms with van der Waals surface area (Å²) in [6, 6.07) is 20.4. The van der Waals surface area contributed by atoms with E-state index >= 15 is 0 Å². The maximum atomic E-state index is 6.14. The van der Waals surface area contributed by atoms with Gasteiger partial charge in [-0.3, -0.25) is 0 Å². The quantitative estimate of drug-likeness (QED) is 0.738. The maximum Gasteiger partial charge on any atom is 0.184 e. The van der Waals surface area contributed by atoms with Crippen molar-refractivity contribution in [2.75, 3.05) is 13.7 Å². The molecule has 0 aromatic heterocycles. The molecule has 4 nitrogen and oxygen atoms in total. The summed E-state index contributed by atoms with van der Waals surface area (Å²) in [5, 5.41) is 0. The number of fused-ring (bicyclic) bond motifs is 1. The van der Waals surface area contributed by atoms with Gasteiger partial charge in [-0.2, -0.15) is 0 Å². The third kappa shape index (κ3) is 3.77. The van der Waals surface area contributed by atoms with E-state index < -0.39 is 0 Å². The fourth-order valence-corrected chi connectivity index (χ4v) is 3.64. The summed E-state index contributed by atoms with van der Waals surface area (Å²) < 4.78 is 23.4. The number of rotatable bonds is 8. The molecule has 2 aliphatic rings. The summed E-state index contributed by atoms with van der Waals surface area (Å²) >= 11 is 0. The summed E-state index contributed by atoms with van der Waals surface area (Å²) in [6.45, 7) is 1.92.